The van der Waals surface area contributed by atoms with E-state index in [0.29, 0.717) is 0 Å². The number of rotatable bonds is 33. The summed E-state index contributed by atoms with van der Waals surface area (Å²) in [5.74, 6) is 0.754. The smallest absolute Gasteiger partial charge is 0.0182 e. The van der Waals surface area contributed by atoms with Crippen LogP contribution in [0.1, 0.15) is 233 Å². The van der Waals surface area contributed by atoms with Crippen LogP contribution in [-0.4, -0.2) is 5.54 Å². The Morgan fingerprint density at radius 2 is 0.575 bits per heavy atom. The average Bonchev–Trinajstić information content (AvgIpc) is 2.94. The van der Waals surface area contributed by atoms with Gasteiger partial charge in [-0.25, -0.2) is 0 Å². The van der Waals surface area contributed by atoms with Crippen LogP contribution in [0.25, 0.3) is 0 Å². The van der Waals surface area contributed by atoms with Crippen molar-refractivity contribution in [2.45, 2.75) is 239 Å². The highest BCUT2D eigenvalue weighted by molar-refractivity contribution is 5.85. The van der Waals surface area contributed by atoms with E-state index in [-0.39, 0.29) is 17.9 Å². The molecule has 1 atom stereocenters. The molecular weight excluding hydrogens is 506 g/mol. The van der Waals surface area contributed by atoms with E-state index in [9.17, 15) is 0 Å². The summed E-state index contributed by atoms with van der Waals surface area (Å²) in [6, 6.07) is 0. The van der Waals surface area contributed by atoms with E-state index >= 15 is 0 Å². The molecule has 0 amide bonds. The van der Waals surface area contributed by atoms with E-state index < -0.39 is 0 Å². The first-order valence-electron chi connectivity index (χ1n) is 18.9. The Hall–Kier alpha value is 0.250. The Kier molecular flexibility index (Phi) is 35.8. The van der Waals surface area contributed by atoms with Gasteiger partial charge in [0.2, 0.25) is 0 Å². The molecular formula is C38H80ClN. The van der Waals surface area contributed by atoms with Gasteiger partial charge in [-0.2, -0.15) is 0 Å². The Morgan fingerprint density at radius 1 is 0.350 bits per heavy atom. The van der Waals surface area contributed by atoms with Crippen molar-refractivity contribution >= 4 is 12.4 Å². The van der Waals surface area contributed by atoms with Crippen LogP contribution in [-0.2, 0) is 0 Å². The second kappa shape index (κ2) is 33.7. The number of halogens is 1. The number of hydrogen-bond acceptors (Lipinski definition) is 1. The molecule has 0 aromatic heterocycles. The third-order valence-corrected chi connectivity index (χ3v) is 9.62. The second-order valence-electron chi connectivity index (χ2n) is 13.5. The van der Waals surface area contributed by atoms with Crippen LogP contribution in [0.4, 0.5) is 0 Å². The Morgan fingerprint density at radius 3 is 0.850 bits per heavy atom. The summed E-state index contributed by atoms with van der Waals surface area (Å²) in [5.41, 5.74) is 7.60. The van der Waals surface area contributed by atoms with Gasteiger partial charge < -0.3 is 5.73 Å². The molecule has 40 heavy (non-hydrogen) atoms. The monoisotopic (exact) mass is 586 g/mol. The van der Waals surface area contributed by atoms with Gasteiger partial charge in [0.05, 0.1) is 0 Å². The maximum absolute atomic E-state index is 7.51. The zero-order valence-corrected chi connectivity index (χ0v) is 29.5. The van der Waals surface area contributed by atoms with Gasteiger partial charge in [0.15, 0.2) is 0 Å². The van der Waals surface area contributed by atoms with Crippen molar-refractivity contribution in [1.29, 1.82) is 0 Å². The summed E-state index contributed by atoms with van der Waals surface area (Å²) >= 11 is 0. The molecule has 0 saturated heterocycles. The van der Waals surface area contributed by atoms with Crippen molar-refractivity contribution in [3.63, 3.8) is 0 Å². The number of unbranched alkanes of at least 4 members (excludes halogenated alkanes) is 24. The van der Waals surface area contributed by atoms with Gasteiger partial charge in [0.1, 0.15) is 0 Å². The van der Waals surface area contributed by atoms with E-state index in [0.717, 1.165) is 5.92 Å². The summed E-state index contributed by atoms with van der Waals surface area (Å²) in [4.78, 5) is 0. The molecule has 2 N–H and O–H groups in total. The first-order chi connectivity index (χ1) is 19.1. The molecule has 0 spiro atoms. The summed E-state index contributed by atoms with van der Waals surface area (Å²) in [5, 5.41) is 0. The third kappa shape index (κ3) is 27.1. The fourth-order valence-corrected chi connectivity index (χ4v) is 6.77. The molecule has 0 aliphatic heterocycles. The van der Waals surface area contributed by atoms with Gasteiger partial charge in [-0.05, 0) is 31.6 Å². The van der Waals surface area contributed by atoms with Crippen molar-refractivity contribution in [2.75, 3.05) is 0 Å². The van der Waals surface area contributed by atoms with E-state index in [4.69, 9.17) is 5.73 Å². The van der Waals surface area contributed by atoms with Crippen LogP contribution < -0.4 is 5.73 Å². The normalized spacial score (nSPS) is 12.5. The standard InChI is InChI=1S/C38H79N.ClH/c1-5-9-13-17-21-22-23-24-26-30-34-37(33-29-25-18-14-10-6-2)38(39,35-31-27-19-15-11-7-3)36-32-28-20-16-12-8-4;/h37H,5-36,39H2,1-4H3;1H. The largest absolute Gasteiger partial charge is 0.325 e. The van der Waals surface area contributed by atoms with Crippen LogP contribution >= 0.6 is 12.4 Å². The van der Waals surface area contributed by atoms with Gasteiger partial charge in [-0.1, -0.05) is 207 Å². The van der Waals surface area contributed by atoms with Gasteiger partial charge in [-0.15, -0.1) is 12.4 Å². The quantitative estimate of drug-likeness (QED) is 0.0761. The van der Waals surface area contributed by atoms with Crippen molar-refractivity contribution in [1.82, 2.24) is 0 Å². The van der Waals surface area contributed by atoms with Gasteiger partial charge in [0, 0.05) is 5.54 Å². The number of hydrogen-bond donors (Lipinski definition) is 1. The minimum atomic E-state index is 0. The molecule has 0 fully saturated rings. The lowest BCUT2D eigenvalue weighted by atomic mass is 9.72. The Balaban J connectivity index is 0. The van der Waals surface area contributed by atoms with E-state index in [1.54, 1.807) is 0 Å². The van der Waals surface area contributed by atoms with Crippen LogP contribution in [0.5, 0.6) is 0 Å². The molecule has 0 rings (SSSR count). The fraction of sp³-hybridized carbons (Fsp3) is 1.00. The van der Waals surface area contributed by atoms with E-state index in [1.807, 2.05) is 0 Å². The predicted molar refractivity (Wildman–Crippen MR) is 188 cm³/mol. The highest BCUT2D eigenvalue weighted by Gasteiger charge is 2.33. The first-order valence-corrected chi connectivity index (χ1v) is 18.9. The lowest BCUT2D eigenvalue weighted by Crippen LogP contribution is -2.47. The van der Waals surface area contributed by atoms with Crippen LogP contribution in [0.2, 0.25) is 0 Å². The molecule has 0 radical (unpaired) electrons. The molecule has 0 aliphatic rings. The van der Waals surface area contributed by atoms with Crippen molar-refractivity contribution < 1.29 is 0 Å². The Labute approximate surface area is 262 Å². The van der Waals surface area contributed by atoms with Crippen molar-refractivity contribution in [2.24, 2.45) is 11.7 Å². The van der Waals surface area contributed by atoms with Gasteiger partial charge in [0.25, 0.3) is 0 Å². The highest BCUT2D eigenvalue weighted by Crippen LogP contribution is 2.35. The SMILES string of the molecule is CCCCCCCCCCCCC(CCCCCCCC)C(N)(CCCCCCCC)CCCCCCCC.Cl. The van der Waals surface area contributed by atoms with Crippen LogP contribution in [0.15, 0.2) is 0 Å². The molecule has 2 heteroatoms. The summed E-state index contributed by atoms with van der Waals surface area (Å²) < 4.78 is 0. The molecule has 244 valence electrons. The average molecular weight is 587 g/mol. The van der Waals surface area contributed by atoms with E-state index in [1.165, 1.54) is 205 Å². The van der Waals surface area contributed by atoms with Crippen molar-refractivity contribution in [3.05, 3.63) is 0 Å². The molecule has 0 saturated carbocycles. The third-order valence-electron chi connectivity index (χ3n) is 9.62. The number of nitrogens with two attached hydrogens (primary N) is 1. The highest BCUT2D eigenvalue weighted by atomic mass is 35.5. The summed E-state index contributed by atoms with van der Waals surface area (Å²) in [6.07, 6.45) is 44.9. The van der Waals surface area contributed by atoms with Crippen LogP contribution in [0.3, 0.4) is 0 Å². The molecule has 1 unspecified atom stereocenters. The lowest BCUT2D eigenvalue weighted by molar-refractivity contribution is 0.189. The van der Waals surface area contributed by atoms with Gasteiger partial charge >= 0.3 is 0 Å². The minimum absolute atomic E-state index is 0. The molecule has 0 aromatic rings. The Bertz CT molecular complexity index is 435. The fourth-order valence-electron chi connectivity index (χ4n) is 6.77. The van der Waals surface area contributed by atoms with E-state index in [2.05, 4.69) is 27.7 Å². The predicted octanol–water partition coefficient (Wildman–Crippen LogP) is 14.3. The minimum Gasteiger partial charge on any atom is -0.325 e. The maximum atomic E-state index is 7.51. The van der Waals surface area contributed by atoms with Crippen molar-refractivity contribution in [3.8, 4) is 0 Å². The summed E-state index contributed by atoms with van der Waals surface area (Å²) in [7, 11) is 0. The maximum Gasteiger partial charge on any atom is 0.0182 e. The van der Waals surface area contributed by atoms with Crippen LogP contribution in [0, 0.1) is 5.92 Å². The molecule has 0 bridgehead atoms. The molecule has 1 nitrogen and oxygen atoms in total. The first kappa shape index (κ1) is 42.4. The summed E-state index contributed by atoms with van der Waals surface area (Å²) in [6.45, 7) is 9.30. The molecule has 0 heterocycles. The lowest BCUT2D eigenvalue weighted by Gasteiger charge is -2.39. The molecule has 0 aromatic carbocycles. The topological polar surface area (TPSA) is 26.0 Å². The van der Waals surface area contributed by atoms with Gasteiger partial charge in [-0.3, -0.25) is 0 Å². The molecule has 0 aliphatic carbocycles. The second-order valence-corrected chi connectivity index (χ2v) is 13.5. The zero-order chi connectivity index (χ0) is 28.7. The zero-order valence-electron chi connectivity index (χ0n) is 28.7.